The third-order valence-corrected chi connectivity index (χ3v) is 6.73. The Bertz CT molecular complexity index is 1220. The van der Waals surface area contributed by atoms with Crippen LogP contribution in [0.2, 0.25) is 0 Å². The Morgan fingerprint density at radius 2 is 1.70 bits per heavy atom. The number of nitrogens with two attached hydrogens (primary N) is 1. The molecule has 1 aromatic heterocycles. The van der Waals surface area contributed by atoms with Crippen molar-refractivity contribution in [2.75, 3.05) is 5.32 Å². The molecule has 7 heteroatoms. The standard InChI is InChI=1S/C26H25F2N3O2/c27-22-10-16(11-23(28)21(22)13-32)15-3-8-24-19(9-15)25(31-18-6-4-17(29)5-7-18)20(12-30-24)26(33)14-1-2-14/h3,8-14,17-18H,1-2,4-7,29H2,(H,30,31). The molecule has 0 atom stereocenters. The summed E-state index contributed by atoms with van der Waals surface area (Å²) in [6.45, 7) is 0. The van der Waals surface area contributed by atoms with E-state index in [4.69, 9.17) is 5.73 Å². The minimum atomic E-state index is -0.909. The molecular weight excluding hydrogens is 424 g/mol. The fourth-order valence-corrected chi connectivity index (χ4v) is 4.61. The van der Waals surface area contributed by atoms with Crippen LogP contribution >= 0.6 is 0 Å². The van der Waals surface area contributed by atoms with E-state index in [0.29, 0.717) is 22.2 Å². The molecule has 3 N–H and O–H groups in total. The highest BCUT2D eigenvalue weighted by Crippen LogP contribution is 2.38. The summed E-state index contributed by atoms with van der Waals surface area (Å²) in [5, 5.41) is 4.32. The zero-order chi connectivity index (χ0) is 23.1. The Morgan fingerprint density at radius 3 is 2.33 bits per heavy atom. The summed E-state index contributed by atoms with van der Waals surface area (Å²) < 4.78 is 28.5. The summed E-state index contributed by atoms with van der Waals surface area (Å²) in [6.07, 6.45) is 7.23. The predicted molar refractivity (Wildman–Crippen MR) is 123 cm³/mol. The van der Waals surface area contributed by atoms with Crippen LogP contribution in [0.15, 0.2) is 36.5 Å². The molecule has 5 rings (SSSR count). The van der Waals surface area contributed by atoms with Gasteiger partial charge in [0.2, 0.25) is 0 Å². The predicted octanol–water partition coefficient (Wildman–Crippen LogP) is 5.27. The summed E-state index contributed by atoms with van der Waals surface area (Å²) in [5.41, 5.74) is 8.33. The third-order valence-electron chi connectivity index (χ3n) is 6.73. The van der Waals surface area contributed by atoms with Gasteiger partial charge in [0.15, 0.2) is 12.1 Å². The molecule has 0 aliphatic heterocycles. The third kappa shape index (κ3) is 4.25. The fraction of sp³-hybridized carbons (Fsp3) is 0.346. The van der Waals surface area contributed by atoms with Gasteiger partial charge in [0.25, 0.3) is 0 Å². The Labute approximate surface area is 190 Å². The molecular formula is C26H25F2N3O2. The van der Waals surface area contributed by atoms with Gasteiger partial charge in [-0.1, -0.05) is 6.07 Å². The molecule has 0 saturated heterocycles. The molecule has 2 aliphatic rings. The van der Waals surface area contributed by atoms with E-state index in [1.54, 1.807) is 24.4 Å². The van der Waals surface area contributed by atoms with Crippen LogP contribution in [0.25, 0.3) is 22.0 Å². The number of ketones is 1. The number of anilines is 1. The molecule has 2 saturated carbocycles. The Hall–Kier alpha value is -3.19. The Balaban J connectivity index is 1.61. The second-order valence-electron chi connectivity index (χ2n) is 9.14. The first kappa shape index (κ1) is 21.6. The molecule has 2 fully saturated rings. The summed E-state index contributed by atoms with van der Waals surface area (Å²) in [4.78, 5) is 28.5. The minimum Gasteiger partial charge on any atom is -0.381 e. The van der Waals surface area contributed by atoms with Crippen LogP contribution in [-0.2, 0) is 0 Å². The van der Waals surface area contributed by atoms with Gasteiger partial charge in [0.05, 0.1) is 22.3 Å². The van der Waals surface area contributed by atoms with Crippen molar-refractivity contribution in [3.05, 3.63) is 59.3 Å². The quantitative estimate of drug-likeness (QED) is 0.396. The van der Waals surface area contributed by atoms with E-state index in [1.165, 1.54) is 0 Å². The van der Waals surface area contributed by atoms with Crippen LogP contribution in [0.3, 0.4) is 0 Å². The molecule has 0 unspecified atom stereocenters. The van der Waals surface area contributed by atoms with Gasteiger partial charge in [0.1, 0.15) is 11.6 Å². The smallest absolute Gasteiger partial charge is 0.169 e. The van der Waals surface area contributed by atoms with Crippen LogP contribution in [-0.4, -0.2) is 29.1 Å². The van der Waals surface area contributed by atoms with E-state index in [0.717, 1.165) is 61.7 Å². The molecule has 3 aromatic rings. The maximum atomic E-state index is 14.2. The number of fused-ring (bicyclic) bond motifs is 1. The molecule has 1 heterocycles. The van der Waals surface area contributed by atoms with Gasteiger partial charge in [0, 0.05) is 29.6 Å². The van der Waals surface area contributed by atoms with Crippen molar-refractivity contribution in [2.24, 2.45) is 11.7 Å². The van der Waals surface area contributed by atoms with Crippen LogP contribution < -0.4 is 11.1 Å². The summed E-state index contributed by atoms with van der Waals surface area (Å²) in [7, 11) is 0. The molecule has 2 aromatic carbocycles. The lowest BCUT2D eigenvalue weighted by molar-refractivity contribution is 0.0967. The molecule has 0 bridgehead atoms. The van der Waals surface area contributed by atoms with E-state index >= 15 is 0 Å². The number of rotatable bonds is 6. The number of nitrogens with zero attached hydrogens (tertiary/aromatic N) is 1. The van der Waals surface area contributed by atoms with Crippen LogP contribution in [0.1, 0.15) is 59.2 Å². The average molecular weight is 450 g/mol. The number of carbonyl (C=O) groups excluding carboxylic acids is 2. The topological polar surface area (TPSA) is 85.1 Å². The Kier molecular flexibility index (Phi) is 5.66. The largest absolute Gasteiger partial charge is 0.381 e. The maximum Gasteiger partial charge on any atom is 0.169 e. The van der Waals surface area contributed by atoms with E-state index < -0.39 is 17.2 Å². The van der Waals surface area contributed by atoms with Gasteiger partial charge in [-0.25, -0.2) is 8.78 Å². The SMILES string of the molecule is NC1CCC(Nc2c(C(=O)C3CC3)cnc3ccc(-c4cc(F)c(C=O)c(F)c4)cc23)CC1. The fourth-order valence-electron chi connectivity index (χ4n) is 4.61. The van der Waals surface area contributed by atoms with Crippen LogP contribution in [0.4, 0.5) is 14.5 Å². The highest BCUT2D eigenvalue weighted by Gasteiger charge is 2.33. The molecule has 2 aliphatic carbocycles. The zero-order valence-electron chi connectivity index (χ0n) is 18.1. The zero-order valence-corrected chi connectivity index (χ0v) is 18.1. The first-order chi connectivity index (χ1) is 15.9. The van der Waals surface area contributed by atoms with Crippen molar-refractivity contribution < 1.29 is 18.4 Å². The number of aldehydes is 1. The lowest BCUT2D eigenvalue weighted by atomic mass is 9.91. The summed E-state index contributed by atoms with van der Waals surface area (Å²) >= 11 is 0. The second-order valence-corrected chi connectivity index (χ2v) is 9.14. The van der Waals surface area contributed by atoms with Crippen molar-refractivity contribution in [3.8, 4) is 11.1 Å². The normalized spacial score (nSPS) is 20.6. The van der Waals surface area contributed by atoms with Gasteiger partial charge in [-0.2, -0.15) is 0 Å². The number of carbonyl (C=O) groups is 2. The first-order valence-electron chi connectivity index (χ1n) is 11.4. The van der Waals surface area contributed by atoms with Crippen LogP contribution in [0, 0.1) is 17.6 Å². The lowest BCUT2D eigenvalue weighted by Crippen LogP contribution is -2.33. The molecule has 0 radical (unpaired) electrons. The number of Topliss-reactive ketones (excluding diaryl/α,β-unsaturated/α-hetero) is 1. The van der Waals surface area contributed by atoms with Gasteiger partial charge >= 0.3 is 0 Å². The average Bonchev–Trinajstić information content (AvgIpc) is 3.65. The number of hydrogen-bond donors (Lipinski definition) is 2. The molecule has 0 amide bonds. The highest BCUT2D eigenvalue weighted by atomic mass is 19.1. The van der Waals surface area contributed by atoms with Gasteiger partial charge in [-0.05, 0) is 73.9 Å². The number of pyridine rings is 1. The summed E-state index contributed by atoms with van der Waals surface area (Å²) in [5.74, 6) is -1.70. The van der Waals surface area contributed by atoms with Crippen molar-refractivity contribution in [1.82, 2.24) is 4.98 Å². The van der Waals surface area contributed by atoms with Gasteiger partial charge < -0.3 is 11.1 Å². The molecule has 5 nitrogen and oxygen atoms in total. The van der Waals surface area contributed by atoms with Crippen LogP contribution in [0.5, 0.6) is 0 Å². The van der Waals surface area contributed by atoms with E-state index in [9.17, 15) is 18.4 Å². The monoisotopic (exact) mass is 449 g/mol. The second kappa shape index (κ2) is 8.63. The number of benzene rings is 2. The highest BCUT2D eigenvalue weighted by molar-refractivity contribution is 6.10. The maximum absolute atomic E-state index is 14.2. The van der Waals surface area contributed by atoms with Crippen molar-refractivity contribution >= 4 is 28.7 Å². The minimum absolute atomic E-state index is 0.0341. The number of halogens is 2. The van der Waals surface area contributed by atoms with Crippen molar-refractivity contribution in [3.63, 3.8) is 0 Å². The van der Waals surface area contributed by atoms with Gasteiger partial charge in [-0.3, -0.25) is 14.6 Å². The number of hydrogen-bond acceptors (Lipinski definition) is 5. The first-order valence-corrected chi connectivity index (χ1v) is 11.4. The number of nitrogens with one attached hydrogen (secondary N) is 1. The van der Waals surface area contributed by atoms with Gasteiger partial charge in [-0.15, -0.1) is 0 Å². The van der Waals surface area contributed by atoms with E-state index in [2.05, 4.69) is 10.3 Å². The summed E-state index contributed by atoms with van der Waals surface area (Å²) in [6, 6.07) is 8.00. The lowest BCUT2D eigenvalue weighted by Gasteiger charge is -2.29. The molecule has 0 spiro atoms. The van der Waals surface area contributed by atoms with E-state index in [1.807, 2.05) is 0 Å². The van der Waals surface area contributed by atoms with E-state index in [-0.39, 0.29) is 30.1 Å². The van der Waals surface area contributed by atoms with Crippen molar-refractivity contribution in [1.29, 1.82) is 0 Å². The number of aromatic nitrogens is 1. The molecule has 170 valence electrons. The van der Waals surface area contributed by atoms with Crippen molar-refractivity contribution in [2.45, 2.75) is 50.6 Å². The Morgan fingerprint density at radius 1 is 1.00 bits per heavy atom. The molecule has 33 heavy (non-hydrogen) atoms.